The van der Waals surface area contributed by atoms with Crippen molar-refractivity contribution in [3.8, 4) is 11.5 Å². The molecule has 0 amide bonds. The third kappa shape index (κ3) is 3.39. The van der Waals surface area contributed by atoms with E-state index in [1.807, 2.05) is 0 Å². The summed E-state index contributed by atoms with van der Waals surface area (Å²) in [5.41, 5.74) is -2.84. The lowest BCUT2D eigenvalue weighted by molar-refractivity contribution is -0.00242. The van der Waals surface area contributed by atoms with E-state index in [-0.39, 0.29) is 11.1 Å². The number of rotatable bonds is 4. The molecular weight excluding hydrogens is 415 g/mol. The Balaban J connectivity index is 2.20. The van der Waals surface area contributed by atoms with Crippen molar-refractivity contribution in [2.75, 3.05) is 0 Å². The molecule has 0 aliphatic carbocycles. The van der Waals surface area contributed by atoms with Crippen molar-refractivity contribution in [1.29, 1.82) is 0 Å². The first-order valence-electron chi connectivity index (χ1n) is 7.68. The van der Waals surface area contributed by atoms with Crippen LogP contribution in [0.4, 0.5) is 39.5 Å². The fraction of sp³-hybridized carbons (Fsp3) is 0.0526. The van der Waals surface area contributed by atoms with E-state index in [0.29, 0.717) is 5.39 Å². The lowest BCUT2D eigenvalue weighted by Crippen LogP contribution is -2.22. The van der Waals surface area contributed by atoms with Crippen molar-refractivity contribution in [2.24, 2.45) is 0 Å². The van der Waals surface area contributed by atoms with Crippen LogP contribution in [0.5, 0.6) is 11.5 Å². The molecule has 152 valence electrons. The van der Waals surface area contributed by atoms with Gasteiger partial charge in [0.1, 0.15) is 11.3 Å². The number of fused-ring (bicyclic) bond motifs is 1. The lowest BCUT2D eigenvalue weighted by Gasteiger charge is -2.18. The minimum atomic E-state index is -5.66. The zero-order valence-electron chi connectivity index (χ0n) is 13.9. The van der Waals surface area contributed by atoms with Crippen molar-refractivity contribution in [3.05, 3.63) is 83.2 Å². The van der Waals surface area contributed by atoms with Crippen LogP contribution in [0.25, 0.3) is 10.8 Å². The van der Waals surface area contributed by atoms with E-state index in [2.05, 4.69) is 0 Å². The standard InChI is InChI=1S/C19H7F9O/c20-12-11(19(27,28)17(24)18(25)26)13(21)15(23)16(14(12)22)29-10-7-3-5-8-4-1-2-6-9(8)10/h1-7H. The van der Waals surface area contributed by atoms with Gasteiger partial charge in [-0.15, -0.1) is 0 Å². The fourth-order valence-corrected chi connectivity index (χ4v) is 2.60. The minimum Gasteiger partial charge on any atom is -0.450 e. The maximum atomic E-state index is 14.2. The van der Waals surface area contributed by atoms with Gasteiger partial charge in [-0.2, -0.15) is 30.7 Å². The molecule has 3 aromatic carbocycles. The average Bonchev–Trinajstić information content (AvgIpc) is 2.69. The zero-order valence-corrected chi connectivity index (χ0v) is 13.9. The predicted octanol–water partition coefficient (Wildman–Crippen LogP) is 7.36. The monoisotopic (exact) mass is 422 g/mol. The number of benzene rings is 3. The topological polar surface area (TPSA) is 9.23 Å². The molecule has 0 fully saturated rings. The van der Waals surface area contributed by atoms with Crippen LogP contribution in [-0.2, 0) is 5.92 Å². The molecular formula is C19H7F9O. The average molecular weight is 422 g/mol. The van der Waals surface area contributed by atoms with Gasteiger partial charge in [-0.05, 0) is 11.5 Å². The molecule has 0 saturated heterocycles. The van der Waals surface area contributed by atoms with Gasteiger partial charge in [0, 0.05) is 5.39 Å². The van der Waals surface area contributed by atoms with E-state index < -0.39 is 52.4 Å². The highest BCUT2D eigenvalue weighted by Crippen LogP contribution is 2.45. The Labute approximate surface area is 156 Å². The number of allylic oxidation sites excluding steroid dienone is 1. The molecule has 0 bridgehead atoms. The number of hydrogen-bond acceptors (Lipinski definition) is 1. The SMILES string of the molecule is FC(F)=C(F)C(F)(F)c1c(F)c(F)c(Oc2cccc3ccccc23)c(F)c1F. The summed E-state index contributed by atoms with van der Waals surface area (Å²) in [6, 6.07) is 10.3. The van der Waals surface area contributed by atoms with Crippen LogP contribution in [-0.4, -0.2) is 0 Å². The highest BCUT2D eigenvalue weighted by atomic mass is 19.3. The van der Waals surface area contributed by atoms with E-state index >= 15 is 0 Å². The van der Waals surface area contributed by atoms with Gasteiger partial charge in [0.2, 0.25) is 23.2 Å². The van der Waals surface area contributed by atoms with Crippen molar-refractivity contribution in [3.63, 3.8) is 0 Å². The van der Waals surface area contributed by atoms with Gasteiger partial charge in [0.05, 0.1) is 0 Å². The van der Waals surface area contributed by atoms with Gasteiger partial charge in [0.25, 0.3) is 0 Å². The number of alkyl halides is 2. The van der Waals surface area contributed by atoms with E-state index in [9.17, 15) is 39.5 Å². The fourth-order valence-electron chi connectivity index (χ4n) is 2.60. The molecule has 3 aromatic rings. The Morgan fingerprint density at radius 1 is 0.724 bits per heavy atom. The van der Waals surface area contributed by atoms with Gasteiger partial charge in [-0.3, -0.25) is 0 Å². The van der Waals surface area contributed by atoms with Crippen molar-refractivity contribution >= 4 is 10.8 Å². The Bertz CT molecular complexity index is 1100. The summed E-state index contributed by atoms with van der Waals surface area (Å²) in [4.78, 5) is 0. The smallest absolute Gasteiger partial charge is 0.335 e. The van der Waals surface area contributed by atoms with Crippen LogP contribution in [0.3, 0.4) is 0 Å². The van der Waals surface area contributed by atoms with Gasteiger partial charge >= 0.3 is 12.0 Å². The maximum Gasteiger partial charge on any atom is 0.335 e. The molecule has 0 N–H and O–H groups in total. The molecule has 0 radical (unpaired) electrons. The van der Waals surface area contributed by atoms with Gasteiger partial charge in [0.15, 0.2) is 11.6 Å². The quantitative estimate of drug-likeness (QED) is 0.315. The normalized spacial score (nSPS) is 11.6. The first kappa shape index (κ1) is 20.6. The second-order valence-electron chi connectivity index (χ2n) is 5.69. The van der Waals surface area contributed by atoms with Crippen molar-refractivity contribution in [1.82, 2.24) is 0 Å². The number of ether oxygens (including phenoxy) is 1. The Hall–Kier alpha value is -3.17. The Morgan fingerprint density at radius 3 is 1.86 bits per heavy atom. The molecule has 0 unspecified atom stereocenters. The summed E-state index contributed by atoms with van der Waals surface area (Å²) in [6.07, 6.45) is -3.61. The van der Waals surface area contributed by atoms with Gasteiger partial charge in [-0.1, -0.05) is 36.4 Å². The predicted molar refractivity (Wildman–Crippen MR) is 84.5 cm³/mol. The second-order valence-corrected chi connectivity index (χ2v) is 5.69. The molecule has 0 aliphatic heterocycles. The third-order valence-corrected chi connectivity index (χ3v) is 3.94. The summed E-state index contributed by atoms with van der Waals surface area (Å²) in [5, 5.41) is 0.776. The minimum absolute atomic E-state index is 0.262. The lowest BCUT2D eigenvalue weighted by atomic mass is 10.0. The van der Waals surface area contributed by atoms with Crippen LogP contribution in [0, 0.1) is 23.3 Å². The summed E-state index contributed by atoms with van der Waals surface area (Å²) >= 11 is 0. The van der Waals surface area contributed by atoms with Crippen LogP contribution in [0.15, 0.2) is 54.4 Å². The summed E-state index contributed by atoms with van der Waals surface area (Å²) in [6.45, 7) is 0. The Kier molecular flexibility index (Phi) is 5.20. The molecule has 3 rings (SSSR count). The highest BCUT2D eigenvalue weighted by molar-refractivity contribution is 5.88. The third-order valence-electron chi connectivity index (χ3n) is 3.94. The van der Waals surface area contributed by atoms with Crippen molar-refractivity contribution < 1.29 is 44.3 Å². The Morgan fingerprint density at radius 2 is 1.28 bits per heavy atom. The zero-order chi connectivity index (χ0) is 21.5. The van der Waals surface area contributed by atoms with E-state index in [1.54, 1.807) is 18.2 Å². The molecule has 29 heavy (non-hydrogen) atoms. The van der Waals surface area contributed by atoms with Gasteiger partial charge in [-0.25, -0.2) is 8.78 Å². The number of hydrogen-bond donors (Lipinski definition) is 0. The van der Waals surface area contributed by atoms with E-state index in [4.69, 9.17) is 4.74 Å². The highest BCUT2D eigenvalue weighted by Gasteiger charge is 2.48. The van der Waals surface area contributed by atoms with Crippen molar-refractivity contribution in [2.45, 2.75) is 5.92 Å². The molecule has 0 aromatic heterocycles. The van der Waals surface area contributed by atoms with Crippen LogP contribution in [0.1, 0.15) is 5.56 Å². The molecule has 1 nitrogen and oxygen atoms in total. The van der Waals surface area contributed by atoms with Crippen LogP contribution in [0.2, 0.25) is 0 Å². The molecule has 0 spiro atoms. The van der Waals surface area contributed by atoms with E-state index in [0.717, 1.165) is 0 Å². The van der Waals surface area contributed by atoms with Gasteiger partial charge < -0.3 is 4.74 Å². The maximum absolute atomic E-state index is 14.2. The van der Waals surface area contributed by atoms with E-state index in [1.165, 1.54) is 24.3 Å². The molecule has 0 saturated carbocycles. The summed E-state index contributed by atoms with van der Waals surface area (Å²) in [7, 11) is 0. The molecule has 0 heterocycles. The second kappa shape index (κ2) is 7.34. The summed E-state index contributed by atoms with van der Waals surface area (Å²) in [5.74, 6) is -21.7. The van der Waals surface area contributed by atoms with Crippen LogP contribution >= 0.6 is 0 Å². The first-order chi connectivity index (χ1) is 13.6. The molecule has 10 heteroatoms. The largest absolute Gasteiger partial charge is 0.450 e. The molecule has 0 atom stereocenters. The number of halogens is 9. The first-order valence-corrected chi connectivity index (χ1v) is 7.68. The van der Waals surface area contributed by atoms with Crippen LogP contribution < -0.4 is 4.74 Å². The summed E-state index contributed by atoms with van der Waals surface area (Å²) < 4.78 is 126. The molecule has 0 aliphatic rings.